The first kappa shape index (κ1) is 28.4. The fraction of sp³-hybridized carbons (Fsp3) is 0. The standard InChI is InChI=1S/2C20H14N2O/c2*23-20-19(21-15-9-3-1-4-10-15)17-13-7-8-14-18(17)22(20)16-11-5-2-6-12-16/h2*1-14H. The van der Waals surface area contributed by atoms with Gasteiger partial charge in [0.15, 0.2) is 0 Å². The minimum absolute atomic E-state index is 0.0961. The lowest BCUT2D eigenvalue weighted by molar-refractivity contribution is -0.112. The number of benzene rings is 6. The van der Waals surface area contributed by atoms with Crippen LogP contribution in [0.5, 0.6) is 0 Å². The number of nitrogens with zero attached hydrogens (tertiary/aromatic N) is 4. The molecule has 2 aliphatic rings. The molecule has 0 radical (unpaired) electrons. The molecule has 6 aromatic carbocycles. The summed E-state index contributed by atoms with van der Waals surface area (Å²) in [5.41, 5.74) is 7.70. The second kappa shape index (κ2) is 12.7. The fourth-order valence-corrected chi connectivity index (χ4v) is 5.54. The SMILES string of the molecule is O=C1C(=Nc2ccccc2)c2ccccc2N1c1ccccc1.O=C1C(=Nc2ccccc2)c2ccccc2N1c1ccccc1. The second-order valence-electron chi connectivity index (χ2n) is 10.6. The van der Waals surface area contributed by atoms with E-state index in [1.165, 1.54) is 0 Å². The first-order valence-corrected chi connectivity index (χ1v) is 14.9. The molecule has 6 heteroatoms. The van der Waals surface area contributed by atoms with Crippen LogP contribution in [0, 0.1) is 0 Å². The van der Waals surface area contributed by atoms with Crippen molar-refractivity contribution in [3.05, 3.63) is 181 Å². The molecule has 46 heavy (non-hydrogen) atoms. The lowest BCUT2D eigenvalue weighted by atomic mass is 10.1. The first-order chi connectivity index (χ1) is 22.7. The summed E-state index contributed by atoms with van der Waals surface area (Å²) in [4.78, 5) is 38.5. The molecular weight excluding hydrogens is 568 g/mol. The van der Waals surface area contributed by atoms with E-state index in [0.29, 0.717) is 11.4 Å². The van der Waals surface area contributed by atoms with Crippen LogP contribution < -0.4 is 9.80 Å². The fourth-order valence-electron chi connectivity index (χ4n) is 5.54. The Balaban J connectivity index is 0.000000147. The summed E-state index contributed by atoms with van der Waals surface area (Å²) in [5.74, 6) is -0.192. The largest absolute Gasteiger partial charge is 0.282 e. The Morgan fingerprint density at radius 3 is 1.02 bits per heavy atom. The third kappa shape index (κ3) is 5.51. The lowest BCUT2D eigenvalue weighted by Gasteiger charge is -2.16. The summed E-state index contributed by atoms with van der Waals surface area (Å²) >= 11 is 0. The molecule has 220 valence electrons. The van der Waals surface area contributed by atoms with Crippen molar-refractivity contribution in [3.63, 3.8) is 0 Å². The predicted molar refractivity (Wildman–Crippen MR) is 185 cm³/mol. The number of hydrogen-bond donors (Lipinski definition) is 0. The molecule has 0 aromatic heterocycles. The number of rotatable bonds is 4. The zero-order chi connectivity index (χ0) is 31.3. The lowest BCUT2D eigenvalue weighted by Crippen LogP contribution is -2.25. The van der Waals surface area contributed by atoms with Crippen LogP contribution in [-0.4, -0.2) is 23.2 Å². The molecule has 2 amide bonds. The molecule has 0 aliphatic carbocycles. The van der Waals surface area contributed by atoms with E-state index in [0.717, 1.165) is 45.3 Å². The van der Waals surface area contributed by atoms with E-state index in [-0.39, 0.29) is 11.8 Å². The van der Waals surface area contributed by atoms with Gasteiger partial charge in [-0.3, -0.25) is 19.4 Å². The summed E-state index contributed by atoms with van der Waals surface area (Å²) in [7, 11) is 0. The van der Waals surface area contributed by atoms with Gasteiger partial charge in [0.05, 0.1) is 22.7 Å². The predicted octanol–water partition coefficient (Wildman–Crippen LogP) is 8.97. The molecule has 8 rings (SSSR count). The third-order valence-electron chi connectivity index (χ3n) is 7.63. The maximum absolute atomic E-state index is 13.0. The molecule has 6 aromatic rings. The van der Waals surface area contributed by atoms with Gasteiger partial charge < -0.3 is 0 Å². The van der Waals surface area contributed by atoms with Gasteiger partial charge in [-0.2, -0.15) is 0 Å². The molecule has 2 heterocycles. The van der Waals surface area contributed by atoms with Gasteiger partial charge in [0.2, 0.25) is 0 Å². The zero-order valence-corrected chi connectivity index (χ0v) is 24.8. The van der Waals surface area contributed by atoms with E-state index in [1.807, 2.05) is 170 Å². The minimum Gasteiger partial charge on any atom is -0.275 e. The highest BCUT2D eigenvalue weighted by molar-refractivity contribution is 6.56. The van der Waals surface area contributed by atoms with Crippen molar-refractivity contribution in [1.29, 1.82) is 0 Å². The Bertz CT molecular complexity index is 1920. The quantitative estimate of drug-likeness (QED) is 0.204. The zero-order valence-electron chi connectivity index (χ0n) is 24.8. The number of aliphatic imine (C=N–C) groups is 2. The molecule has 0 fully saturated rings. The molecule has 0 saturated carbocycles. The molecule has 0 atom stereocenters. The molecule has 2 aliphatic heterocycles. The van der Waals surface area contributed by atoms with Crippen LogP contribution in [0.1, 0.15) is 11.1 Å². The summed E-state index contributed by atoms with van der Waals surface area (Å²) in [5, 5.41) is 0. The number of fused-ring (bicyclic) bond motifs is 2. The topological polar surface area (TPSA) is 65.3 Å². The normalized spacial score (nSPS) is 15.0. The summed E-state index contributed by atoms with van der Waals surface area (Å²) in [6.07, 6.45) is 0. The van der Waals surface area contributed by atoms with Crippen LogP contribution in [0.3, 0.4) is 0 Å². The number of amides is 2. The van der Waals surface area contributed by atoms with Gasteiger partial charge in [-0.25, -0.2) is 9.98 Å². The maximum atomic E-state index is 13.0. The van der Waals surface area contributed by atoms with Crippen molar-refractivity contribution in [2.45, 2.75) is 0 Å². The van der Waals surface area contributed by atoms with Gasteiger partial charge in [0, 0.05) is 22.5 Å². The van der Waals surface area contributed by atoms with Gasteiger partial charge in [-0.15, -0.1) is 0 Å². The van der Waals surface area contributed by atoms with Crippen LogP contribution in [0.25, 0.3) is 0 Å². The van der Waals surface area contributed by atoms with Crippen molar-refractivity contribution in [1.82, 2.24) is 0 Å². The van der Waals surface area contributed by atoms with Gasteiger partial charge >= 0.3 is 0 Å². The van der Waals surface area contributed by atoms with Crippen molar-refractivity contribution in [2.24, 2.45) is 9.98 Å². The highest BCUT2D eigenvalue weighted by Gasteiger charge is 2.35. The highest BCUT2D eigenvalue weighted by atomic mass is 16.2. The summed E-state index contributed by atoms with van der Waals surface area (Å²) in [6, 6.07) is 54.0. The minimum atomic E-state index is -0.0961. The van der Waals surface area contributed by atoms with E-state index < -0.39 is 0 Å². The monoisotopic (exact) mass is 596 g/mol. The summed E-state index contributed by atoms with van der Waals surface area (Å²) in [6.45, 7) is 0. The van der Waals surface area contributed by atoms with Crippen molar-refractivity contribution in [2.75, 3.05) is 9.80 Å². The van der Waals surface area contributed by atoms with Gasteiger partial charge in [-0.1, -0.05) is 109 Å². The van der Waals surface area contributed by atoms with Gasteiger partial charge in [0.1, 0.15) is 11.4 Å². The number of carbonyl (C=O) groups is 2. The molecule has 0 N–H and O–H groups in total. The number of hydrogen-bond acceptors (Lipinski definition) is 4. The van der Waals surface area contributed by atoms with E-state index in [4.69, 9.17) is 0 Å². The van der Waals surface area contributed by atoms with Crippen molar-refractivity contribution in [3.8, 4) is 0 Å². The Morgan fingerprint density at radius 1 is 0.348 bits per heavy atom. The Kier molecular flexibility index (Phi) is 7.82. The van der Waals surface area contributed by atoms with E-state index in [9.17, 15) is 9.59 Å². The van der Waals surface area contributed by atoms with E-state index in [2.05, 4.69) is 9.98 Å². The number of anilines is 4. The van der Waals surface area contributed by atoms with Crippen LogP contribution in [-0.2, 0) is 9.59 Å². The maximum Gasteiger partial charge on any atom is 0.282 e. The average molecular weight is 597 g/mol. The number of para-hydroxylation sites is 6. The Hall–Kier alpha value is -6.40. The van der Waals surface area contributed by atoms with Crippen LogP contribution >= 0.6 is 0 Å². The Labute approximate surface area is 267 Å². The van der Waals surface area contributed by atoms with E-state index >= 15 is 0 Å². The van der Waals surface area contributed by atoms with Gasteiger partial charge in [0.25, 0.3) is 11.8 Å². The van der Waals surface area contributed by atoms with Gasteiger partial charge in [-0.05, 0) is 60.7 Å². The first-order valence-electron chi connectivity index (χ1n) is 14.9. The smallest absolute Gasteiger partial charge is 0.275 e. The third-order valence-corrected chi connectivity index (χ3v) is 7.63. The van der Waals surface area contributed by atoms with E-state index in [1.54, 1.807) is 9.80 Å². The molecule has 0 unspecified atom stereocenters. The van der Waals surface area contributed by atoms with Crippen molar-refractivity contribution < 1.29 is 9.59 Å². The van der Waals surface area contributed by atoms with Crippen molar-refractivity contribution >= 4 is 57.4 Å². The second-order valence-corrected chi connectivity index (χ2v) is 10.6. The molecule has 0 saturated heterocycles. The van der Waals surface area contributed by atoms with Crippen LogP contribution in [0.4, 0.5) is 34.1 Å². The number of carbonyl (C=O) groups excluding carboxylic acids is 2. The molecule has 0 bridgehead atoms. The molecule has 6 nitrogen and oxygen atoms in total. The highest BCUT2D eigenvalue weighted by Crippen LogP contribution is 2.37. The summed E-state index contributed by atoms with van der Waals surface area (Å²) < 4.78 is 0. The van der Waals surface area contributed by atoms with Crippen LogP contribution in [0.2, 0.25) is 0 Å². The average Bonchev–Trinajstić information content (AvgIpc) is 3.56. The molecular formula is C40H28N4O2. The Morgan fingerprint density at radius 2 is 0.652 bits per heavy atom. The molecule has 0 spiro atoms. The van der Waals surface area contributed by atoms with Crippen LogP contribution in [0.15, 0.2) is 180 Å².